The molecule has 150 valence electrons. The summed E-state index contributed by atoms with van der Waals surface area (Å²) in [6.07, 6.45) is 3.26. The van der Waals surface area contributed by atoms with Crippen LogP contribution in [0.15, 0.2) is 36.7 Å². The number of nitrogens with zero attached hydrogens (tertiary/aromatic N) is 3. The van der Waals surface area contributed by atoms with E-state index >= 15 is 0 Å². The highest BCUT2D eigenvalue weighted by molar-refractivity contribution is 6.07. The summed E-state index contributed by atoms with van der Waals surface area (Å²) in [5, 5.41) is 13.1. The summed E-state index contributed by atoms with van der Waals surface area (Å²) in [5.41, 5.74) is 2.33. The third-order valence-electron chi connectivity index (χ3n) is 4.02. The number of hydrogen-bond donors (Lipinski definition) is 3. The molecule has 3 aromatic rings. The first-order chi connectivity index (χ1) is 13.7. The lowest BCUT2D eigenvalue weighted by atomic mass is 10.1. The number of aromatic nitrogens is 3. The molecule has 9 nitrogen and oxygen atoms in total. The van der Waals surface area contributed by atoms with Crippen LogP contribution in [0.25, 0.3) is 11.0 Å². The SMILES string of the molecule is CC(=O)Nc1cc(NC(C)=O)cc(C(=O)Nc2cnc3c(cnn3C(C)C)c2)c1. The van der Waals surface area contributed by atoms with Gasteiger partial charge in [-0.3, -0.25) is 14.4 Å². The molecule has 0 unspecified atom stereocenters. The zero-order valence-electron chi connectivity index (χ0n) is 16.6. The van der Waals surface area contributed by atoms with Crippen LogP contribution in [0.4, 0.5) is 17.1 Å². The third kappa shape index (κ3) is 4.75. The summed E-state index contributed by atoms with van der Waals surface area (Å²) in [7, 11) is 0. The highest BCUT2D eigenvalue weighted by Gasteiger charge is 2.13. The van der Waals surface area contributed by atoms with Crippen molar-refractivity contribution in [3.63, 3.8) is 0 Å². The largest absolute Gasteiger partial charge is 0.326 e. The molecular formula is C20H22N6O3. The van der Waals surface area contributed by atoms with E-state index in [1.165, 1.54) is 26.0 Å². The molecule has 0 atom stereocenters. The maximum absolute atomic E-state index is 12.8. The number of benzene rings is 1. The van der Waals surface area contributed by atoms with Gasteiger partial charge in [0.1, 0.15) is 0 Å². The average molecular weight is 394 g/mol. The van der Waals surface area contributed by atoms with Crippen LogP contribution < -0.4 is 16.0 Å². The molecule has 9 heteroatoms. The van der Waals surface area contributed by atoms with E-state index in [-0.39, 0.29) is 23.4 Å². The van der Waals surface area contributed by atoms with E-state index in [2.05, 4.69) is 26.0 Å². The van der Waals surface area contributed by atoms with Gasteiger partial charge in [-0.05, 0) is 38.1 Å². The Morgan fingerprint density at radius 1 is 0.862 bits per heavy atom. The van der Waals surface area contributed by atoms with Crippen LogP contribution in [0, 0.1) is 0 Å². The Morgan fingerprint density at radius 3 is 2.03 bits per heavy atom. The van der Waals surface area contributed by atoms with Crippen molar-refractivity contribution < 1.29 is 14.4 Å². The Hall–Kier alpha value is -3.75. The standard InChI is InChI=1S/C20H22N6O3/c1-11(2)26-19-15(9-22-26)7-18(10-21-19)25-20(29)14-5-16(23-12(3)27)8-17(6-14)24-13(4)28/h5-11H,1-4H3,(H,23,27)(H,24,28)(H,25,29). The van der Waals surface area contributed by atoms with E-state index in [1.54, 1.807) is 29.2 Å². The van der Waals surface area contributed by atoms with Gasteiger partial charge in [0.15, 0.2) is 5.65 Å². The van der Waals surface area contributed by atoms with Crippen LogP contribution in [0.1, 0.15) is 44.1 Å². The normalized spacial score (nSPS) is 10.8. The molecular weight excluding hydrogens is 372 g/mol. The van der Waals surface area contributed by atoms with Crippen LogP contribution in [0.5, 0.6) is 0 Å². The van der Waals surface area contributed by atoms with Gasteiger partial charge in [0, 0.05) is 42.2 Å². The van der Waals surface area contributed by atoms with E-state index in [0.29, 0.717) is 17.1 Å². The van der Waals surface area contributed by atoms with Gasteiger partial charge >= 0.3 is 0 Å². The monoisotopic (exact) mass is 394 g/mol. The van der Waals surface area contributed by atoms with Crippen molar-refractivity contribution in [3.8, 4) is 0 Å². The maximum Gasteiger partial charge on any atom is 0.255 e. The highest BCUT2D eigenvalue weighted by Crippen LogP contribution is 2.22. The van der Waals surface area contributed by atoms with Gasteiger partial charge in [0.25, 0.3) is 5.91 Å². The molecule has 3 N–H and O–H groups in total. The second-order valence-corrected chi connectivity index (χ2v) is 6.94. The number of anilines is 3. The second kappa shape index (κ2) is 8.09. The van der Waals surface area contributed by atoms with Crippen molar-refractivity contribution in [2.75, 3.05) is 16.0 Å². The van der Waals surface area contributed by atoms with E-state index in [0.717, 1.165) is 11.0 Å². The molecule has 0 saturated heterocycles. The number of nitrogens with one attached hydrogen (secondary N) is 3. The fourth-order valence-electron chi connectivity index (χ4n) is 2.90. The minimum atomic E-state index is -0.402. The predicted molar refractivity (Wildman–Crippen MR) is 111 cm³/mol. The number of rotatable bonds is 5. The summed E-state index contributed by atoms with van der Waals surface area (Å²) in [5.74, 6) is -0.970. The molecule has 3 rings (SSSR count). The fraction of sp³-hybridized carbons (Fsp3) is 0.250. The van der Waals surface area contributed by atoms with Crippen molar-refractivity contribution in [2.45, 2.75) is 33.7 Å². The molecule has 0 fully saturated rings. The number of amides is 3. The molecule has 0 aliphatic rings. The zero-order valence-corrected chi connectivity index (χ0v) is 16.6. The molecule has 0 aliphatic carbocycles. The lowest BCUT2D eigenvalue weighted by Crippen LogP contribution is -2.15. The smallest absolute Gasteiger partial charge is 0.255 e. The van der Waals surface area contributed by atoms with Crippen LogP contribution in [-0.4, -0.2) is 32.5 Å². The van der Waals surface area contributed by atoms with Crippen LogP contribution in [0.3, 0.4) is 0 Å². The Labute approximate surface area is 167 Å². The summed E-state index contributed by atoms with van der Waals surface area (Å²) < 4.78 is 1.80. The van der Waals surface area contributed by atoms with Gasteiger partial charge in [0.05, 0.1) is 18.1 Å². The molecule has 0 radical (unpaired) electrons. The molecule has 0 bridgehead atoms. The van der Waals surface area contributed by atoms with Gasteiger partial charge in [-0.25, -0.2) is 9.67 Å². The summed E-state index contributed by atoms with van der Waals surface area (Å²) >= 11 is 0. The van der Waals surface area contributed by atoms with Crippen LogP contribution in [0.2, 0.25) is 0 Å². The molecule has 0 spiro atoms. The van der Waals surface area contributed by atoms with Crippen molar-refractivity contribution in [1.82, 2.24) is 14.8 Å². The average Bonchev–Trinajstić information content (AvgIpc) is 3.03. The third-order valence-corrected chi connectivity index (χ3v) is 4.02. The quantitative estimate of drug-likeness (QED) is 0.614. The van der Waals surface area contributed by atoms with Crippen molar-refractivity contribution in [1.29, 1.82) is 0 Å². The number of hydrogen-bond acceptors (Lipinski definition) is 5. The maximum atomic E-state index is 12.8. The van der Waals surface area contributed by atoms with Gasteiger partial charge in [-0.1, -0.05) is 0 Å². The fourth-order valence-corrected chi connectivity index (χ4v) is 2.90. The summed E-state index contributed by atoms with van der Waals surface area (Å²) in [4.78, 5) is 39.9. The van der Waals surface area contributed by atoms with E-state index in [1.807, 2.05) is 13.8 Å². The first-order valence-corrected chi connectivity index (χ1v) is 9.08. The molecule has 0 aliphatic heterocycles. The summed E-state index contributed by atoms with van der Waals surface area (Å²) in [6.45, 7) is 6.75. The zero-order chi connectivity index (χ0) is 21.1. The molecule has 29 heavy (non-hydrogen) atoms. The molecule has 2 aromatic heterocycles. The Kier molecular flexibility index (Phi) is 5.58. The second-order valence-electron chi connectivity index (χ2n) is 6.94. The molecule has 2 heterocycles. The lowest BCUT2D eigenvalue weighted by Gasteiger charge is -2.11. The van der Waals surface area contributed by atoms with Gasteiger partial charge in [0.2, 0.25) is 11.8 Å². The first kappa shape index (κ1) is 20.0. The van der Waals surface area contributed by atoms with E-state index in [4.69, 9.17) is 0 Å². The number of carbonyl (C=O) groups excluding carboxylic acids is 3. The van der Waals surface area contributed by atoms with Crippen molar-refractivity contribution in [3.05, 3.63) is 42.2 Å². The minimum absolute atomic E-state index is 0.171. The highest BCUT2D eigenvalue weighted by atomic mass is 16.2. The molecule has 0 saturated carbocycles. The molecule has 3 amide bonds. The van der Waals surface area contributed by atoms with Crippen LogP contribution in [-0.2, 0) is 9.59 Å². The van der Waals surface area contributed by atoms with Gasteiger partial charge < -0.3 is 16.0 Å². The van der Waals surface area contributed by atoms with Gasteiger partial charge in [-0.15, -0.1) is 0 Å². The molecule has 1 aromatic carbocycles. The van der Waals surface area contributed by atoms with E-state index < -0.39 is 5.91 Å². The minimum Gasteiger partial charge on any atom is -0.326 e. The number of fused-ring (bicyclic) bond motifs is 1. The Morgan fingerprint density at radius 2 is 1.48 bits per heavy atom. The first-order valence-electron chi connectivity index (χ1n) is 9.08. The Balaban J connectivity index is 1.88. The number of pyridine rings is 1. The lowest BCUT2D eigenvalue weighted by molar-refractivity contribution is -0.115. The Bertz CT molecular complexity index is 1070. The predicted octanol–water partition coefficient (Wildman–Crippen LogP) is 3.18. The van der Waals surface area contributed by atoms with Crippen LogP contribution >= 0.6 is 0 Å². The summed E-state index contributed by atoms with van der Waals surface area (Å²) in [6, 6.07) is 6.60. The van der Waals surface area contributed by atoms with Crippen molar-refractivity contribution in [2.24, 2.45) is 0 Å². The van der Waals surface area contributed by atoms with Crippen molar-refractivity contribution >= 4 is 45.8 Å². The number of carbonyl (C=O) groups is 3. The van der Waals surface area contributed by atoms with E-state index in [9.17, 15) is 14.4 Å². The topological polar surface area (TPSA) is 118 Å². The van der Waals surface area contributed by atoms with Gasteiger partial charge in [-0.2, -0.15) is 5.10 Å².